The van der Waals surface area contributed by atoms with Crippen LogP contribution in [0.2, 0.25) is 0 Å². The summed E-state index contributed by atoms with van der Waals surface area (Å²) in [6.07, 6.45) is 5.22. The molecule has 0 atom stereocenters. The molecule has 5 rings (SSSR count). The summed E-state index contributed by atoms with van der Waals surface area (Å²) in [5, 5.41) is 9.04. The van der Waals surface area contributed by atoms with Gasteiger partial charge in [0, 0.05) is 21.0 Å². The number of hydrogen-bond donors (Lipinski definition) is 3. The summed E-state index contributed by atoms with van der Waals surface area (Å²) in [6.45, 7) is 2.01. The van der Waals surface area contributed by atoms with Crippen molar-refractivity contribution in [1.82, 2.24) is 5.32 Å². The molecule has 266 valence electrons. The predicted octanol–water partition coefficient (Wildman–Crippen LogP) is 6.97. The van der Waals surface area contributed by atoms with Gasteiger partial charge in [0.15, 0.2) is 11.5 Å². The van der Waals surface area contributed by atoms with Gasteiger partial charge in [0.05, 0.1) is 39.3 Å². The van der Waals surface area contributed by atoms with Crippen LogP contribution >= 0.6 is 23.1 Å². The lowest BCUT2D eigenvalue weighted by molar-refractivity contribution is -0.114. The number of carbonyl (C=O) groups excluding carboxylic acids is 4. The van der Waals surface area contributed by atoms with E-state index < -0.39 is 17.8 Å². The minimum absolute atomic E-state index is 0.0355. The molecule has 1 aliphatic carbocycles. The average Bonchev–Trinajstić information content (AvgIpc) is 3.51. The van der Waals surface area contributed by atoms with Gasteiger partial charge in [-0.15, -0.1) is 23.1 Å². The number of esters is 1. The third kappa shape index (κ3) is 9.30. The quantitative estimate of drug-likeness (QED) is 0.0713. The molecule has 13 heteroatoms. The standard InChI is InChI=1S/C38H39N3O8S2/c1-5-49-38(45)33-27-16-9-10-17-31(27)51-37(33)41-32(42)22-50-26-15-11-14-25(21-26)39-36(44)28(40-35(43)24-12-7-6-8-13-24)18-23-19-29(46-2)34(48-4)30(20-23)47-3/h6-8,11-15,18-21H,5,9-10,16-17,22H2,1-4H3,(H,39,44)(H,40,43)(H,41,42)/b28-18+. The van der Waals surface area contributed by atoms with Crippen LogP contribution in [0.15, 0.2) is 77.3 Å². The van der Waals surface area contributed by atoms with E-state index in [9.17, 15) is 19.2 Å². The third-order valence-electron chi connectivity index (χ3n) is 7.89. The molecule has 0 spiro atoms. The van der Waals surface area contributed by atoms with Crippen LogP contribution in [0.5, 0.6) is 17.2 Å². The minimum atomic E-state index is -0.582. The second kappa shape index (κ2) is 17.6. The highest BCUT2D eigenvalue weighted by Gasteiger charge is 2.27. The highest BCUT2D eigenvalue weighted by Crippen LogP contribution is 2.40. The Morgan fingerprint density at radius 1 is 0.863 bits per heavy atom. The highest BCUT2D eigenvalue weighted by atomic mass is 32.2. The molecule has 0 fully saturated rings. The van der Waals surface area contributed by atoms with E-state index in [0.717, 1.165) is 41.0 Å². The van der Waals surface area contributed by atoms with Gasteiger partial charge in [-0.25, -0.2) is 4.79 Å². The van der Waals surface area contributed by atoms with Crippen molar-refractivity contribution in [2.24, 2.45) is 0 Å². The van der Waals surface area contributed by atoms with Crippen LogP contribution < -0.4 is 30.2 Å². The number of rotatable bonds is 14. The summed E-state index contributed by atoms with van der Waals surface area (Å²) in [5.41, 5.74) is 2.74. The maximum absolute atomic E-state index is 13.7. The van der Waals surface area contributed by atoms with Crippen LogP contribution in [0.3, 0.4) is 0 Å². The molecule has 11 nitrogen and oxygen atoms in total. The summed E-state index contributed by atoms with van der Waals surface area (Å²) in [4.78, 5) is 54.6. The second-order valence-corrected chi connectivity index (χ2v) is 13.4. The fraction of sp³-hybridized carbons (Fsp3) is 0.263. The van der Waals surface area contributed by atoms with Crippen molar-refractivity contribution >= 4 is 63.6 Å². The van der Waals surface area contributed by atoms with Gasteiger partial charge in [-0.3, -0.25) is 14.4 Å². The Morgan fingerprint density at radius 3 is 2.27 bits per heavy atom. The van der Waals surface area contributed by atoms with Crippen molar-refractivity contribution in [2.45, 2.75) is 37.5 Å². The maximum Gasteiger partial charge on any atom is 0.341 e. The van der Waals surface area contributed by atoms with Crippen molar-refractivity contribution < 1.29 is 38.1 Å². The summed E-state index contributed by atoms with van der Waals surface area (Å²) in [7, 11) is 4.46. The molecule has 3 aromatic carbocycles. The average molecular weight is 730 g/mol. The normalized spacial score (nSPS) is 12.3. The van der Waals surface area contributed by atoms with E-state index in [0.29, 0.717) is 44.6 Å². The van der Waals surface area contributed by atoms with Gasteiger partial charge >= 0.3 is 5.97 Å². The Kier molecular flexibility index (Phi) is 12.8. The molecule has 1 aromatic heterocycles. The molecular formula is C38H39N3O8S2. The van der Waals surface area contributed by atoms with Gasteiger partial charge in [0.2, 0.25) is 11.7 Å². The van der Waals surface area contributed by atoms with E-state index in [1.165, 1.54) is 50.5 Å². The van der Waals surface area contributed by atoms with E-state index in [-0.39, 0.29) is 24.0 Å². The van der Waals surface area contributed by atoms with Gasteiger partial charge in [-0.1, -0.05) is 24.3 Å². The Bertz CT molecular complexity index is 1920. The van der Waals surface area contributed by atoms with Gasteiger partial charge in [-0.2, -0.15) is 0 Å². The zero-order chi connectivity index (χ0) is 36.3. The maximum atomic E-state index is 13.7. The first-order valence-corrected chi connectivity index (χ1v) is 18.1. The molecular weight excluding hydrogens is 691 g/mol. The van der Waals surface area contributed by atoms with Crippen molar-refractivity contribution in [3.63, 3.8) is 0 Å². The first-order valence-electron chi connectivity index (χ1n) is 16.3. The molecule has 4 aromatic rings. The molecule has 1 heterocycles. The summed E-state index contributed by atoms with van der Waals surface area (Å²) >= 11 is 2.72. The number of ether oxygens (including phenoxy) is 4. The molecule has 3 N–H and O–H groups in total. The van der Waals surface area contributed by atoms with E-state index >= 15 is 0 Å². The summed E-state index contributed by atoms with van der Waals surface area (Å²) in [6, 6.07) is 18.9. The molecule has 3 amide bonds. The number of thioether (sulfide) groups is 1. The SMILES string of the molecule is CCOC(=O)c1c(NC(=O)CSc2cccc(NC(=O)/C(=C\c3cc(OC)c(OC)c(OC)c3)NC(=O)c3ccccc3)c2)sc2c1CCCC2. The number of benzene rings is 3. The summed E-state index contributed by atoms with van der Waals surface area (Å²) < 4.78 is 21.7. The number of aryl methyl sites for hydroxylation is 1. The van der Waals surface area contributed by atoms with Gasteiger partial charge < -0.3 is 34.9 Å². The zero-order valence-electron chi connectivity index (χ0n) is 28.8. The molecule has 0 radical (unpaired) electrons. The van der Waals surface area contributed by atoms with E-state index in [2.05, 4.69) is 16.0 Å². The fourth-order valence-electron chi connectivity index (χ4n) is 5.54. The van der Waals surface area contributed by atoms with Crippen molar-refractivity contribution in [1.29, 1.82) is 0 Å². The molecule has 1 aliphatic rings. The first kappa shape index (κ1) is 37.0. The van der Waals surface area contributed by atoms with Crippen LogP contribution in [-0.2, 0) is 27.2 Å². The van der Waals surface area contributed by atoms with Gasteiger partial charge in [0.25, 0.3) is 11.8 Å². The number of hydrogen-bond acceptors (Lipinski definition) is 10. The molecule has 0 bridgehead atoms. The molecule has 0 unspecified atom stereocenters. The first-order chi connectivity index (χ1) is 24.7. The third-order valence-corrected chi connectivity index (χ3v) is 10.1. The van der Waals surface area contributed by atoms with Crippen molar-refractivity contribution in [2.75, 3.05) is 44.3 Å². The van der Waals surface area contributed by atoms with Crippen LogP contribution in [0.4, 0.5) is 10.7 Å². The van der Waals surface area contributed by atoms with Gasteiger partial charge in [-0.05, 0) is 92.3 Å². The number of carbonyl (C=O) groups is 4. The predicted molar refractivity (Wildman–Crippen MR) is 199 cm³/mol. The van der Waals surface area contributed by atoms with Crippen molar-refractivity contribution in [3.05, 3.63) is 99.6 Å². The smallest absolute Gasteiger partial charge is 0.341 e. The number of nitrogens with one attached hydrogen (secondary N) is 3. The van der Waals surface area contributed by atoms with Crippen molar-refractivity contribution in [3.8, 4) is 17.2 Å². The fourth-order valence-corrected chi connectivity index (χ4v) is 7.59. The Hall–Kier alpha value is -5.27. The monoisotopic (exact) mass is 729 g/mol. The molecule has 0 saturated carbocycles. The Labute approximate surface area is 304 Å². The summed E-state index contributed by atoms with van der Waals surface area (Å²) in [5.74, 6) is -0.531. The number of amides is 3. The largest absolute Gasteiger partial charge is 0.493 e. The lowest BCUT2D eigenvalue weighted by Gasteiger charge is -2.15. The lowest BCUT2D eigenvalue weighted by atomic mass is 9.95. The van der Waals surface area contributed by atoms with E-state index in [1.54, 1.807) is 67.6 Å². The number of anilines is 2. The van der Waals surface area contributed by atoms with Crippen LogP contribution in [0.1, 0.15) is 56.5 Å². The minimum Gasteiger partial charge on any atom is -0.493 e. The van der Waals surface area contributed by atoms with Crippen LogP contribution in [0.25, 0.3) is 6.08 Å². The topological polar surface area (TPSA) is 141 Å². The highest BCUT2D eigenvalue weighted by molar-refractivity contribution is 8.00. The van der Waals surface area contributed by atoms with Crippen LogP contribution in [-0.4, -0.2) is 57.4 Å². The second-order valence-electron chi connectivity index (χ2n) is 11.3. The van der Waals surface area contributed by atoms with Crippen LogP contribution in [0, 0.1) is 0 Å². The number of fused-ring (bicyclic) bond motifs is 1. The Balaban J connectivity index is 1.32. The lowest BCUT2D eigenvalue weighted by Crippen LogP contribution is -2.30. The number of methoxy groups -OCH3 is 3. The molecule has 51 heavy (non-hydrogen) atoms. The molecule has 0 saturated heterocycles. The van der Waals surface area contributed by atoms with Gasteiger partial charge in [0.1, 0.15) is 10.7 Å². The van der Waals surface area contributed by atoms with E-state index in [1.807, 2.05) is 6.07 Å². The number of thiophene rings is 1. The zero-order valence-corrected chi connectivity index (χ0v) is 30.4. The Morgan fingerprint density at radius 2 is 1.59 bits per heavy atom. The molecule has 0 aliphatic heterocycles. The van der Waals surface area contributed by atoms with E-state index in [4.69, 9.17) is 18.9 Å².